The Bertz CT molecular complexity index is 347. The molecule has 0 heterocycles. The van der Waals surface area contributed by atoms with Gasteiger partial charge in [-0.25, -0.2) is 0 Å². The van der Waals surface area contributed by atoms with Crippen LogP contribution in [0.4, 0.5) is 0 Å². The predicted octanol–water partition coefficient (Wildman–Crippen LogP) is 0.368. The number of aliphatic carboxylic acids is 1. The molecule has 0 amide bonds. The van der Waals surface area contributed by atoms with Crippen LogP contribution in [0.1, 0.15) is 27.7 Å². The fraction of sp³-hybridized carbons (Fsp3) is 0.889. The summed E-state index contributed by atoms with van der Waals surface area (Å²) in [5.41, 5.74) is -1.46. The van der Waals surface area contributed by atoms with E-state index in [0.29, 0.717) is 13.1 Å². The Hall–Kier alpha value is -0.660. The lowest BCUT2D eigenvalue weighted by Gasteiger charge is -2.34. The van der Waals surface area contributed by atoms with Gasteiger partial charge in [-0.15, -0.1) is 0 Å². The first-order valence-corrected chi connectivity index (χ1v) is 6.49. The molecular formula is C9H20N2O4S. The van der Waals surface area contributed by atoms with Crippen molar-refractivity contribution in [3.05, 3.63) is 0 Å². The number of hydrogen-bond acceptors (Lipinski definition) is 3. The summed E-state index contributed by atoms with van der Waals surface area (Å²) in [4.78, 5) is 11.0. The Morgan fingerprint density at radius 3 is 1.88 bits per heavy atom. The fourth-order valence-corrected chi connectivity index (χ4v) is 2.80. The highest BCUT2D eigenvalue weighted by Gasteiger charge is 2.41. The van der Waals surface area contributed by atoms with Crippen molar-refractivity contribution < 1.29 is 18.3 Å². The molecule has 0 aromatic carbocycles. The second-order valence-corrected chi connectivity index (χ2v) is 5.88. The second kappa shape index (κ2) is 5.11. The summed E-state index contributed by atoms with van der Waals surface area (Å²) in [6.45, 7) is 6.77. The first kappa shape index (κ1) is 15.3. The summed E-state index contributed by atoms with van der Waals surface area (Å²) >= 11 is 0. The number of carbonyl (C=O) groups is 1. The Morgan fingerprint density at radius 2 is 1.62 bits per heavy atom. The fourth-order valence-electron chi connectivity index (χ4n) is 1.15. The molecule has 0 spiro atoms. The molecule has 0 rings (SSSR count). The average Bonchev–Trinajstić information content (AvgIpc) is 2.17. The van der Waals surface area contributed by atoms with E-state index in [9.17, 15) is 13.2 Å². The molecule has 6 nitrogen and oxygen atoms in total. The lowest BCUT2D eigenvalue weighted by Crippen LogP contribution is -2.55. The van der Waals surface area contributed by atoms with Gasteiger partial charge in [0.1, 0.15) is 5.54 Å². The molecule has 0 aromatic heterocycles. The normalized spacial score (nSPS) is 13.4. The van der Waals surface area contributed by atoms with Crippen LogP contribution >= 0.6 is 0 Å². The third-order valence-electron chi connectivity index (χ3n) is 2.69. The minimum atomic E-state index is -3.72. The molecule has 0 saturated heterocycles. The maximum Gasteiger partial charge on any atom is 0.324 e. The standard InChI is InChI=1S/C9H20N2O4S/c1-6-11(7-2)16(14,15)10(5)9(3,4)8(12)13/h6-7H2,1-5H3,(H,12,13). The largest absolute Gasteiger partial charge is 0.480 e. The maximum absolute atomic E-state index is 12.0. The Morgan fingerprint density at radius 1 is 1.25 bits per heavy atom. The summed E-state index contributed by atoms with van der Waals surface area (Å²) in [5, 5.41) is 8.98. The third-order valence-corrected chi connectivity index (χ3v) is 5.01. The number of hydrogen-bond donors (Lipinski definition) is 1. The van der Waals surface area contributed by atoms with Crippen LogP contribution < -0.4 is 0 Å². The zero-order chi connectivity index (χ0) is 13.1. The van der Waals surface area contributed by atoms with Gasteiger partial charge >= 0.3 is 5.97 Å². The topological polar surface area (TPSA) is 77.9 Å². The monoisotopic (exact) mass is 252 g/mol. The molecule has 0 fully saturated rings. The minimum Gasteiger partial charge on any atom is -0.480 e. The second-order valence-electron chi connectivity index (χ2n) is 3.92. The smallest absolute Gasteiger partial charge is 0.324 e. The predicted molar refractivity (Wildman–Crippen MR) is 61.3 cm³/mol. The van der Waals surface area contributed by atoms with Gasteiger partial charge in [0.05, 0.1) is 0 Å². The first-order chi connectivity index (χ1) is 7.12. The van der Waals surface area contributed by atoms with Gasteiger partial charge in [-0.1, -0.05) is 13.8 Å². The number of carboxylic acid groups (broad SMARTS) is 1. The number of nitrogens with zero attached hydrogens (tertiary/aromatic N) is 2. The number of likely N-dealkylation sites (N-methyl/N-ethyl adjacent to an activating group) is 1. The molecular weight excluding hydrogens is 232 g/mol. The van der Waals surface area contributed by atoms with E-state index in [1.807, 2.05) is 0 Å². The highest BCUT2D eigenvalue weighted by molar-refractivity contribution is 7.86. The average molecular weight is 252 g/mol. The van der Waals surface area contributed by atoms with Gasteiger partial charge in [0.15, 0.2) is 0 Å². The summed E-state index contributed by atoms with van der Waals surface area (Å²) in [7, 11) is -2.44. The summed E-state index contributed by atoms with van der Waals surface area (Å²) in [6.07, 6.45) is 0. The van der Waals surface area contributed by atoms with Crippen molar-refractivity contribution in [3.8, 4) is 0 Å². The van der Waals surface area contributed by atoms with Gasteiger partial charge in [-0.05, 0) is 13.8 Å². The number of rotatable bonds is 6. The van der Waals surface area contributed by atoms with Crippen molar-refractivity contribution >= 4 is 16.2 Å². The van der Waals surface area contributed by atoms with Crippen LogP contribution in [0.3, 0.4) is 0 Å². The molecule has 0 atom stereocenters. The Labute approximate surface area is 97.0 Å². The van der Waals surface area contributed by atoms with Gasteiger partial charge in [-0.3, -0.25) is 4.79 Å². The van der Waals surface area contributed by atoms with E-state index in [1.54, 1.807) is 13.8 Å². The van der Waals surface area contributed by atoms with Crippen molar-refractivity contribution in [3.63, 3.8) is 0 Å². The first-order valence-electron chi connectivity index (χ1n) is 5.09. The number of carboxylic acids is 1. The third kappa shape index (κ3) is 2.72. The van der Waals surface area contributed by atoms with Crippen LogP contribution in [0, 0.1) is 0 Å². The van der Waals surface area contributed by atoms with Crippen LogP contribution in [0.2, 0.25) is 0 Å². The zero-order valence-electron chi connectivity index (χ0n) is 10.4. The van der Waals surface area contributed by atoms with Crippen molar-refractivity contribution in [2.45, 2.75) is 33.2 Å². The highest BCUT2D eigenvalue weighted by Crippen LogP contribution is 2.19. The van der Waals surface area contributed by atoms with Crippen LogP contribution in [0.15, 0.2) is 0 Å². The summed E-state index contributed by atoms with van der Waals surface area (Å²) in [6, 6.07) is 0. The van der Waals surface area contributed by atoms with E-state index in [2.05, 4.69) is 0 Å². The molecule has 0 radical (unpaired) electrons. The van der Waals surface area contributed by atoms with Crippen molar-refractivity contribution in [1.29, 1.82) is 0 Å². The van der Waals surface area contributed by atoms with Gasteiger partial charge in [0, 0.05) is 20.1 Å². The molecule has 0 aromatic rings. The summed E-state index contributed by atoms with van der Waals surface area (Å²) in [5.74, 6) is -1.18. The van der Waals surface area contributed by atoms with Gasteiger partial charge in [-0.2, -0.15) is 17.0 Å². The molecule has 0 aliphatic rings. The summed E-state index contributed by atoms with van der Waals surface area (Å²) < 4.78 is 26.2. The van der Waals surface area contributed by atoms with Crippen LogP contribution in [-0.4, -0.2) is 53.8 Å². The molecule has 0 aliphatic heterocycles. The van der Waals surface area contributed by atoms with E-state index < -0.39 is 21.7 Å². The molecule has 0 aliphatic carbocycles. The minimum absolute atomic E-state index is 0.318. The van der Waals surface area contributed by atoms with Crippen LogP contribution in [0.25, 0.3) is 0 Å². The molecule has 0 bridgehead atoms. The lowest BCUT2D eigenvalue weighted by molar-refractivity contribution is -0.146. The van der Waals surface area contributed by atoms with Crippen molar-refractivity contribution in [2.24, 2.45) is 0 Å². The van der Waals surface area contributed by atoms with E-state index in [-0.39, 0.29) is 0 Å². The molecule has 96 valence electrons. The van der Waals surface area contributed by atoms with E-state index in [0.717, 1.165) is 4.31 Å². The molecule has 0 saturated carbocycles. The molecule has 7 heteroatoms. The van der Waals surface area contributed by atoms with E-state index in [1.165, 1.54) is 25.2 Å². The highest BCUT2D eigenvalue weighted by atomic mass is 32.2. The maximum atomic E-state index is 12.0. The van der Waals surface area contributed by atoms with E-state index >= 15 is 0 Å². The van der Waals surface area contributed by atoms with Crippen LogP contribution in [-0.2, 0) is 15.0 Å². The van der Waals surface area contributed by atoms with Crippen molar-refractivity contribution in [1.82, 2.24) is 8.61 Å². The SMILES string of the molecule is CCN(CC)S(=O)(=O)N(C)C(C)(C)C(=O)O. The van der Waals surface area contributed by atoms with Gasteiger partial charge < -0.3 is 5.11 Å². The van der Waals surface area contributed by atoms with Crippen LogP contribution in [0.5, 0.6) is 0 Å². The molecule has 0 unspecified atom stereocenters. The molecule has 16 heavy (non-hydrogen) atoms. The quantitative estimate of drug-likeness (QED) is 0.740. The van der Waals surface area contributed by atoms with E-state index in [4.69, 9.17) is 5.11 Å². The Balaban J connectivity index is 5.27. The lowest BCUT2D eigenvalue weighted by atomic mass is 10.1. The van der Waals surface area contributed by atoms with Gasteiger partial charge in [0.2, 0.25) is 0 Å². The van der Waals surface area contributed by atoms with Crippen molar-refractivity contribution in [2.75, 3.05) is 20.1 Å². The Kier molecular flexibility index (Phi) is 4.90. The molecule has 1 N–H and O–H groups in total. The zero-order valence-corrected chi connectivity index (χ0v) is 11.2. The van der Waals surface area contributed by atoms with Gasteiger partial charge in [0.25, 0.3) is 10.2 Å².